The summed E-state index contributed by atoms with van der Waals surface area (Å²) in [6, 6.07) is 0. The van der Waals surface area contributed by atoms with Crippen molar-refractivity contribution in [2.24, 2.45) is 5.73 Å². The van der Waals surface area contributed by atoms with E-state index in [0.717, 1.165) is 13.0 Å². The molecule has 0 saturated carbocycles. The molecule has 0 radical (unpaired) electrons. The van der Waals surface area contributed by atoms with Gasteiger partial charge in [-0.1, -0.05) is 0 Å². The zero-order valence-electron chi connectivity index (χ0n) is 4.18. The molecule has 1 heterocycles. The van der Waals surface area contributed by atoms with Crippen molar-refractivity contribution in [3.63, 3.8) is 0 Å². The van der Waals surface area contributed by atoms with Crippen molar-refractivity contribution in [1.82, 2.24) is 5.32 Å². The second-order valence-corrected chi connectivity index (χ2v) is 1.70. The SMILES string of the molecule is Cl.NC1CCCN1. The second kappa shape index (κ2) is 3.24. The molecule has 1 fully saturated rings. The van der Waals surface area contributed by atoms with E-state index in [1.165, 1.54) is 6.42 Å². The standard InChI is InChI=1S/C4H10N2.ClH/c5-4-2-1-3-6-4;/h4,6H,1-3,5H2;1H. The van der Waals surface area contributed by atoms with Crippen molar-refractivity contribution in [2.45, 2.75) is 19.0 Å². The molecule has 1 aliphatic rings. The van der Waals surface area contributed by atoms with E-state index in [0.29, 0.717) is 6.17 Å². The van der Waals surface area contributed by atoms with E-state index in [1.54, 1.807) is 0 Å². The normalized spacial score (nSPS) is 29.6. The lowest BCUT2D eigenvalue weighted by molar-refractivity contribution is 0.634. The molecule has 3 heteroatoms. The molecule has 0 bridgehead atoms. The van der Waals surface area contributed by atoms with Crippen LogP contribution in [0, 0.1) is 0 Å². The first kappa shape index (κ1) is 7.21. The number of nitrogens with two attached hydrogens (primary N) is 1. The number of rotatable bonds is 0. The molecule has 7 heavy (non-hydrogen) atoms. The molecular formula is C4H11ClN2. The summed E-state index contributed by atoms with van der Waals surface area (Å²) < 4.78 is 0. The molecule has 1 atom stereocenters. The molecule has 0 amide bonds. The van der Waals surface area contributed by atoms with Crippen molar-refractivity contribution >= 4 is 12.4 Å². The molecule has 1 saturated heterocycles. The predicted molar refractivity (Wildman–Crippen MR) is 32.5 cm³/mol. The Hall–Kier alpha value is 0.210. The minimum atomic E-state index is 0. The highest BCUT2D eigenvalue weighted by Crippen LogP contribution is 1.96. The van der Waals surface area contributed by atoms with Crippen LogP contribution >= 0.6 is 12.4 Å². The molecule has 1 aliphatic heterocycles. The average Bonchev–Trinajstić information content (AvgIpc) is 1.86. The summed E-state index contributed by atoms with van der Waals surface area (Å²) in [5, 5.41) is 3.10. The van der Waals surface area contributed by atoms with Gasteiger partial charge in [-0.15, -0.1) is 12.4 Å². The Kier molecular flexibility index (Phi) is 3.34. The Morgan fingerprint density at radius 1 is 1.57 bits per heavy atom. The molecule has 0 spiro atoms. The minimum absolute atomic E-state index is 0. The Labute approximate surface area is 49.9 Å². The molecule has 0 aromatic heterocycles. The Morgan fingerprint density at radius 2 is 2.29 bits per heavy atom. The first-order valence-corrected chi connectivity index (χ1v) is 2.38. The zero-order valence-corrected chi connectivity index (χ0v) is 5.00. The second-order valence-electron chi connectivity index (χ2n) is 1.70. The fourth-order valence-corrected chi connectivity index (χ4v) is 0.711. The smallest absolute Gasteiger partial charge is 0.0546 e. The van der Waals surface area contributed by atoms with Gasteiger partial charge in [0.15, 0.2) is 0 Å². The number of hydrogen-bond donors (Lipinski definition) is 2. The molecule has 0 aromatic carbocycles. The van der Waals surface area contributed by atoms with Crippen LogP contribution in [0.3, 0.4) is 0 Å². The van der Waals surface area contributed by atoms with Crippen molar-refractivity contribution in [2.75, 3.05) is 6.54 Å². The molecular weight excluding hydrogens is 112 g/mol. The van der Waals surface area contributed by atoms with Gasteiger partial charge in [0.05, 0.1) is 6.17 Å². The fourth-order valence-electron chi connectivity index (χ4n) is 0.711. The number of halogens is 1. The lowest BCUT2D eigenvalue weighted by Crippen LogP contribution is -2.30. The van der Waals surface area contributed by atoms with Crippen molar-refractivity contribution in [3.05, 3.63) is 0 Å². The van der Waals surface area contributed by atoms with Crippen LogP contribution in [0.25, 0.3) is 0 Å². The third-order valence-corrected chi connectivity index (χ3v) is 1.10. The van der Waals surface area contributed by atoms with Gasteiger partial charge >= 0.3 is 0 Å². The van der Waals surface area contributed by atoms with E-state index in [9.17, 15) is 0 Å². The summed E-state index contributed by atoms with van der Waals surface area (Å²) in [5.74, 6) is 0. The summed E-state index contributed by atoms with van der Waals surface area (Å²) in [6.45, 7) is 1.11. The van der Waals surface area contributed by atoms with Crippen molar-refractivity contribution < 1.29 is 0 Å². The van der Waals surface area contributed by atoms with Crippen LogP contribution in [-0.2, 0) is 0 Å². The third-order valence-electron chi connectivity index (χ3n) is 1.10. The van der Waals surface area contributed by atoms with Gasteiger partial charge in [-0.05, 0) is 19.4 Å². The van der Waals surface area contributed by atoms with Crippen LogP contribution in [0.2, 0.25) is 0 Å². The molecule has 0 aliphatic carbocycles. The summed E-state index contributed by atoms with van der Waals surface area (Å²) >= 11 is 0. The average molecular weight is 123 g/mol. The maximum atomic E-state index is 5.42. The van der Waals surface area contributed by atoms with E-state index in [2.05, 4.69) is 5.32 Å². The van der Waals surface area contributed by atoms with Crippen LogP contribution < -0.4 is 11.1 Å². The summed E-state index contributed by atoms with van der Waals surface area (Å²) in [5.41, 5.74) is 5.42. The van der Waals surface area contributed by atoms with E-state index in [4.69, 9.17) is 5.73 Å². The third kappa shape index (κ3) is 2.12. The quantitative estimate of drug-likeness (QED) is 0.478. The molecule has 44 valence electrons. The van der Waals surface area contributed by atoms with Crippen LogP contribution in [0.5, 0.6) is 0 Å². The number of hydrogen-bond acceptors (Lipinski definition) is 2. The van der Waals surface area contributed by atoms with Crippen LogP contribution in [0.1, 0.15) is 12.8 Å². The van der Waals surface area contributed by atoms with Gasteiger partial charge in [-0.25, -0.2) is 0 Å². The molecule has 3 N–H and O–H groups in total. The van der Waals surface area contributed by atoms with Gasteiger partial charge in [-0.2, -0.15) is 0 Å². The predicted octanol–water partition coefficient (Wildman–Crippen LogP) is 0.0764. The maximum Gasteiger partial charge on any atom is 0.0546 e. The monoisotopic (exact) mass is 122 g/mol. The summed E-state index contributed by atoms with van der Waals surface area (Å²) in [6.07, 6.45) is 2.70. The van der Waals surface area contributed by atoms with Gasteiger partial charge in [-0.3, -0.25) is 0 Å². The minimum Gasteiger partial charge on any atom is -0.316 e. The van der Waals surface area contributed by atoms with E-state index in [-0.39, 0.29) is 12.4 Å². The van der Waals surface area contributed by atoms with Crippen LogP contribution in [0.4, 0.5) is 0 Å². The highest BCUT2D eigenvalue weighted by Gasteiger charge is 2.05. The summed E-state index contributed by atoms with van der Waals surface area (Å²) in [4.78, 5) is 0. The highest BCUT2D eigenvalue weighted by molar-refractivity contribution is 5.85. The Bertz CT molecular complexity index is 43.0. The van der Waals surface area contributed by atoms with Crippen LogP contribution in [0.15, 0.2) is 0 Å². The number of nitrogens with one attached hydrogen (secondary N) is 1. The lowest BCUT2D eigenvalue weighted by Gasteiger charge is -1.95. The van der Waals surface area contributed by atoms with Crippen molar-refractivity contribution in [1.29, 1.82) is 0 Å². The highest BCUT2D eigenvalue weighted by atomic mass is 35.5. The first-order valence-electron chi connectivity index (χ1n) is 2.38. The first-order chi connectivity index (χ1) is 2.89. The Balaban J connectivity index is 0.000000360. The van der Waals surface area contributed by atoms with Gasteiger partial charge in [0.1, 0.15) is 0 Å². The van der Waals surface area contributed by atoms with Crippen molar-refractivity contribution in [3.8, 4) is 0 Å². The van der Waals surface area contributed by atoms with E-state index >= 15 is 0 Å². The van der Waals surface area contributed by atoms with E-state index < -0.39 is 0 Å². The maximum absolute atomic E-state index is 5.42. The topological polar surface area (TPSA) is 38.0 Å². The van der Waals surface area contributed by atoms with Gasteiger partial charge in [0.2, 0.25) is 0 Å². The molecule has 1 unspecified atom stereocenters. The van der Waals surface area contributed by atoms with E-state index in [1.807, 2.05) is 0 Å². The van der Waals surface area contributed by atoms with Gasteiger partial charge in [0, 0.05) is 0 Å². The lowest BCUT2D eigenvalue weighted by atomic mass is 10.3. The summed E-state index contributed by atoms with van der Waals surface area (Å²) in [7, 11) is 0. The zero-order chi connectivity index (χ0) is 4.41. The largest absolute Gasteiger partial charge is 0.316 e. The molecule has 1 rings (SSSR count). The van der Waals surface area contributed by atoms with Crippen LogP contribution in [-0.4, -0.2) is 12.7 Å². The molecule has 2 nitrogen and oxygen atoms in total. The van der Waals surface area contributed by atoms with Gasteiger partial charge < -0.3 is 11.1 Å². The Morgan fingerprint density at radius 3 is 2.43 bits per heavy atom. The van der Waals surface area contributed by atoms with Gasteiger partial charge in [0.25, 0.3) is 0 Å². The molecule has 0 aromatic rings. The fraction of sp³-hybridized carbons (Fsp3) is 1.00.